The number of fused-ring (bicyclic) bond motifs is 1. The Morgan fingerprint density at radius 2 is 1.95 bits per heavy atom. The molecule has 1 heterocycles. The molecule has 0 bridgehead atoms. The van der Waals surface area contributed by atoms with E-state index in [0.717, 1.165) is 33.1 Å². The SMILES string of the molecule is COc1ccccc1C1(Cl)CNc2cc(Cl)c(C)cc21. The Kier molecular flexibility index (Phi) is 3.31. The van der Waals surface area contributed by atoms with Crippen LogP contribution in [0.2, 0.25) is 5.02 Å². The van der Waals surface area contributed by atoms with E-state index in [1.165, 1.54) is 0 Å². The van der Waals surface area contributed by atoms with Crippen LogP contribution in [0.1, 0.15) is 16.7 Å². The monoisotopic (exact) mass is 307 g/mol. The summed E-state index contributed by atoms with van der Waals surface area (Å²) in [5.74, 6) is 0.796. The highest BCUT2D eigenvalue weighted by Crippen LogP contribution is 2.49. The van der Waals surface area contributed by atoms with Gasteiger partial charge in [-0.05, 0) is 24.6 Å². The number of methoxy groups -OCH3 is 1. The quantitative estimate of drug-likeness (QED) is 0.821. The minimum atomic E-state index is -0.628. The van der Waals surface area contributed by atoms with Crippen LogP contribution < -0.4 is 10.1 Å². The van der Waals surface area contributed by atoms with Gasteiger partial charge in [0.05, 0.1) is 7.11 Å². The van der Waals surface area contributed by atoms with Gasteiger partial charge in [-0.15, -0.1) is 11.6 Å². The second kappa shape index (κ2) is 4.87. The lowest BCUT2D eigenvalue weighted by molar-refractivity contribution is 0.406. The Balaban J connectivity index is 2.19. The molecule has 1 atom stereocenters. The van der Waals surface area contributed by atoms with Crippen molar-refractivity contribution in [2.24, 2.45) is 0 Å². The molecule has 4 heteroatoms. The highest BCUT2D eigenvalue weighted by Gasteiger charge is 2.41. The van der Waals surface area contributed by atoms with Crippen molar-refractivity contribution in [2.75, 3.05) is 19.0 Å². The lowest BCUT2D eigenvalue weighted by Crippen LogP contribution is -2.23. The molecule has 0 spiro atoms. The number of hydrogen-bond donors (Lipinski definition) is 1. The molecule has 0 saturated carbocycles. The summed E-state index contributed by atoms with van der Waals surface area (Å²) in [6.45, 7) is 2.60. The number of rotatable bonds is 2. The lowest BCUT2D eigenvalue weighted by Gasteiger charge is -2.24. The van der Waals surface area contributed by atoms with Crippen LogP contribution in [0.15, 0.2) is 36.4 Å². The Morgan fingerprint density at radius 3 is 2.70 bits per heavy atom. The fraction of sp³-hybridized carbons (Fsp3) is 0.250. The zero-order valence-electron chi connectivity index (χ0n) is 11.3. The van der Waals surface area contributed by atoms with Crippen LogP contribution >= 0.6 is 23.2 Å². The molecule has 0 fully saturated rings. The lowest BCUT2D eigenvalue weighted by atomic mass is 9.90. The molecule has 0 aliphatic carbocycles. The third-order valence-corrected chi connectivity index (χ3v) is 4.73. The van der Waals surface area contributed by atoms with Crippen molar-refractivity contribution < 1.29 is 4.74 Å². The Bertz CT molecular complexity index is 672. The molecule has 0 amide bonds. The predicted octanol–water partition coefficient (Wildman–Crippen LogP) is 4.56. The zero-order chi connectivity index (χ0) is 14.3. The van der Waals surface area contributed by atoms with E-state index in [9.17, 15) is 0 Å². The van der Waals surface area contributed by atoms with Crippen molar-refractivity contribution in [1.29, 1.82) is 0 Å². The van der Waals surface area contributed by atoms with Crippen LogP contribution in [0.25, 0.3) is 0 Å². The van der Waals surface area contributed by atoms with Gasteiger partial charge in [0.15, 0.2) is 0 Å². The van der Waals surface area contributed by atoms with Crippen LogP contribution in [0.4, 0.5) is 5.69 Å². The molecule has 3 rings (SSSR count). The van der Waals surface area contributed by atoms with Gasteiger partial charge in [-0.3, -0.25) is 0 Å². The van der Waals surface area contributed by atoms with Gasteiger partial charge in [-0.1, -0.05) is 35.9 Å². The van der Waals surface area contributed by atoms with Gasteiger partial charge < -0.3 is 10.1 Å². The smallest absolute Gasteiger partial charge is 0.124 e. The minimum Gasteiger partial charge on any atom is -0.496 e. The van der Waals surface area contributed by atoms with Crippen LogP contribution in [-0.4, -0.2) is 13.7 Å². The summed E-state index contributed by atoms with van der Waals surface area (Å²) in [6.07, 6.45) is 0. The van der Waals surface area contributed by atoms with Gasteiger partial charge in [0.2, 0.25) is 0 Å². The molecule has 1 unspecified atom stereocenters. The molecule has 1 aliphatic heterocycles. The molecule has 1 N–H and O–H groups in total. The average Bonchev–Trinajstić information content (AvgIpc) is 2.78. The molecule has 2 aromatic rings. The molecular weight excluding hydrogens is 293 g/mol. The first-order chi connectivity index (χ1) is 9.56. The summed E-state index contributed by atoms with van der Waals surface area (Å²) < 4.78 is 5.45. The van der Waals surface area contributed by atoms with Gasteiger partial charge in [0.25, 0.3) is 0 Å². The highest BCUT2D eigenvalue weighted by molar-refractivity contribution is 6.32. The molecule has 0 aromatic heterocycles. The highest BCUT2D eigenvalue weighted by atomic mass is 35.5. The van der Waals surface area contributed by atoms with Crippen molar-refractivity contribution in [1.82, 2.24) is 0 Å². The maximum Gasteiger partial charge on any atom is 0.124 e. The summed E-state index contributed by atoms with van der Waals surface area (Å²) in [5, 5.41) is 4.08. The number of nitrogens with one attached hydrogen (secondary N) is 1. The van der Waals surface area contributed by atoms with Crippen molar-refractivity contribution >= 4 is 28.9 Å². The first kappa shape index (κ1) is 13.6. The number of benzene rings is 2. The Morgan fingerprint density at radius 1 is 1.20 bits per heavy atom. The van der Waals surface area contributed by atoms with Gasteiger partial charge in [0, 0.05) is 28.4 Å². The largest absolute Gasteiger partial charge is 0.496 e. The summed E-state index contributed by atoms with van der Waals surface area (Å²) >= 11 is 13.1. The number of ether oxygens (including phenoxy) is 1. The van der Waals surface area contributed by atoms with Crippen LogP contribution in [-0.2, 0) is 4.87 Å². The zero-order valence-corrected chi connectivity index (χ0v) is 12.8. The van der Waals surface area contributed by atoms with Crippen molar-refractivity contribution in [3.05, 3.63) is 58.1 Å². The van der Waals surface area contributed by atoms with Crippen molar-refractivity contribution in [2.45, 2.75) is 11.8 Å². The van der Waals surface area contributed by atoms with Crippen LogP contribution in [0, 0.1) is 6.92 Å². The van der Waals surface area contributed by atoms with E-state index in [0.29, 0.717) is 6.54 Å². The normalized spacial score (nSPS) is 20.4. The van der Waals surface area contributed by atoms with Crippen molar-refractivity contribution in [3.8, 4) is 5.75 Å². The minimum absolute atomic E-state index is 0.615. The summed E-state index contributed by atoms with van der Waals surface area (Å²) in [4.78, 5) is -0.628. The topological polar surface area (TPSA) is 21.3 Å². The molecule has 104 valence electrons. The van der Waals surface area contributed by atoms with E-state index in [1.807, 2.05) is 37.3 Å². The predicted molar refractivity (Wildman–Crippen MR) is 84.3 cm³/mol. The molecule has 0 saturated heterocycles. The summed E-state index contributed by atoms with van der Waals surface area (Å²) in [5.41, 5.74) is 4.03. The van der Waals surface area contributed by atoms with Crippen LogP contribution in [0.3, 0.4) is 0 Å². The second-order valence-corrected chi connectivity index (χ2v) is 6.05. The number of halogens is 2. The average molecular weight is 308 g/mol. The van der Waals surface area contributed by atoms with E-state index < -0.39 is 4.87 Å². The van der Waals surface area contributed by atoms with Gasteiger partial charge in [-0.25, -0.2) is 0 Å². The number of hydrogen-bond acceptors (Lipinski definition) is 2. The first-order valence-corrected chi connectivity index (χ1v) is 7.19. The molecule has 2 nitrogen and oxygen atoms in total. The Labute approximate surface area is 128 Å². The first-order valence-electron chi connectivity index (χ1n) is 6.43. The van der Waals surface area contributed by atoms with E-state index >= 15 is 0 Å². The maximum absolute atomic E-state index is 6.95. The van der Waals surface area contributed by atoms with E-state index in [-0.39, 0.29) is 0 Å². The van der Waals surface area contributed by atoms with Gasteiger partial charge in [0.1, 0.15) is 10.6 Å². The summed E-state index contributed by atoms with van der Waals surface area (Å²) in [7, 11) is 1.66. The van der Waals surface area contributed by atoms with E-state index in [2.05, 4.69) is 11.4 Å². The standard InChI is InChI=1S/C16H15Cl2NO/c1-10-7-12-14(8-13(10)17)19-9-16(12,18)11-5-3-4-6-15(11)20-2/h3-8,19H,9H2,1-2H3. The molecule has 0 radical (unpaired) electrons. The number of para-hydroxylation sites is 1. The third-order valence-electron chi connectivity index (χ3n) is 3.78. The van der Waals surface area contributed by atoms with Crippen LogP contribution in [0.5, 0.6) is 5.75 Å². The molecule has 1 aliphatic rings. The maximum atomic E-state index is 6.95. The second-order valence-electron chi connectivity index (χ2n) is 5.00. The number of aryl methyl sites for hydroxylation is 1. The van der Waals surface area contributed by atoms with Gasteiger partial charge >= 0.3 is 0 Å². The molecular formula is C16H15Cl2NO. The number of alkyl halides is 1. The Hall–Kier alpha value is -1.38. The fourth-order valence-electron chi connectivity index (χ4n) is 2.68. The number of anilines is 1. The van der Waals surface area contributed by atoms with E-state index in [1.54, 1.807) is 7.11 Å². The van der Waals surface area contributed by atoms with Crippen molar-refractivity contribution in [3.63, 3.8) is 0 Å². The molecule has 20 heavy (non-hydrogen) atoms. The molecule has 2 aromatic carbocycles. The fourth-order valence-corrected chi connectivity index (χ4v) is 3.22. The summed E-state index contributed by atoms with van der Waals surface area (Å²) in [6, 6.07) is 11.8. The van der Waals surface area contributed by atoms with E-state index in [4.69, 9.17) is 27.9 Å². The third kappa shape index (κ3) is 1.95. The van der Waals surface area contributed by atoms with Gasteiger partial charge in [-0.2, -0.15) is 0 Å².